The summed E-state index contributed by atoms with van der Waals surface area (Å²) in [5, 5.41) is 4.12. The van der Waals surface area contributed by atoms with Gasteiger partial charge >= 0.3 is 0 Å². The van der Waals surface area contributed by atoms with Crippen molar-refractivity contribution in [1.82, 2.24) is 5.32 Å². The van der Waals surface area contributed by atoms with Crippen LogP contribution in [-0.2, 0) is 11.2 Å². The van der Waals surface area contributed by atoms with Gasteiger partial charge in [0.15, 0.2) is 11.3 Å². The zero-order chi connectivity index (χ0) is 18.6. The Labute approximate surface area is 159 Å². The predicted molar refractivity (Wildman–Crippen MR) is 106 cm³/mol. The third-order valence-corrected chi connectivity index (χ3v) is 5.51. The molecule has 146 valence electrons. The minimum Gasteiger partial charge on any atom is -0.493 e. The van der Waals surface area contributed by atoms with Gasteiger partial charge in [0, 0.05) is 30.8 Å². The van der Waals surface area contributed by atoms with Crippen molar-refractivity contribution in [2.24, 2.45) is 0 Å². The molecule has 6 heteroatoms. The average molecular weight is 372 g/mol. The molecule has 3 heterocycles. The lowest BCUT2D eigenvalue weighted by molar-refractivity contribution is 0.121. The van der Waals surface area contributed by atoms with Gasteiger partial charge in [-0.25, -0.2) is 0 Å². The molecule has 1 unspecified atom stereocenters. The van der Waals surface area contributed by atoms with Crippen LogP contribution in [0.3, 0.4) is 0 Å². The van der Waals surface area contributed by atoms with E-state index < -0.39 is 0 Å². The number of fused-ring (bicyclic) bond motifs is 1. The molecule has 2 aliphatic heterocycles. The summed E-state index contributed by atoms with van der Waals surface area (Å²) < 4.78 is 17.7. The molecule has 2 aliphatic rings. The van der Waals surface area contributed by atoms with Crippen molar-refractivity contribution in [3.8, 4) is 5.75 Å². The van der Waals surface area contributed by atoms with E-state index in [9.17, 15) is 4.79 Å². The van der Waals surface area contributed by atoms with Crippen LogP contribution in [0.1, 0.15) is 31.7 Å². The Bertz CT molecular complexity index is 836. The van der Waals surface area contributed by atoms with Crippen LogP contribution in [0.4, 0.5) is 5.88 Å². The number of ether oxygens (including phenoxy) is 2. The highest BCUT2D eigenvalue weighted by atomic mass is 16.5. The van der Waals surface area contributed by atoms with Crippen LogP contribution in [0.2, 0.25) is 0 Å². The highest BCUT2D eigenvalue weighted by Gasteiger charge is 2.19. The van der Waals surface area contributed by atoms with Gasteiger partial charge in [-0.2, -0.15) is 0 Å². The minimum absolute atomic E-state index is 0.00542. The Morgan fingerprint density at radius 3 is 2.89 bits per heavy atom. The third-order valence-electron chi connectivity index (χ3n) is 5.51. The van der Waals surface area contributed by atoms with E-state index in [1.165, 1.54) is 12.8 Å². The molecule has 0 bridgehead atoms. The van der Waals surface area contributed by atoms with Gasteiger partial charge in [-0.3, -0.25) is 4.79 Å². The fourth-order valence-corrected chi connectivity index (χ4v) is 3.97. The van der Waals surface area contributed by atoms with Gasteiger partial charge in [-0.05, 0) is 44.4 Å². The zero-order valence-electron chi connectivity index (χ0n) is 16.0. The highest BCUT2D eigenvalue weighted by Crippen LogP contribution is 2.30. The van der Waals surface area contributed by atoms with Gasteiger partial charge in [0.25, 0.3) is 0 Å². The van der Waals surface area contributed by atoms with Gasteiger partial charge in [0.1, 0.15) is 11.3 Å². The van der Waals surface area contributed by atoms with Crippen LogP contribution in [0.25, 0.3) is 11.0 Å². The number of benzene rings is 1. The Kier molecular flexibility index (Phi) is 5.64. The fraction of sp³-hybridized carbons (Fsp3) is 0.571. The molecule has 0 saturated carbocycles. The maximum atomic E-state index is 12.6. The Balaban J connectivity index is 1.61. The Hall–Kier alpha value is -2.05. The van der Waals surface area contributed by atoms with Crippen molar-refractivity contribution in [1.29, 1.82) is 0 Å². The number of anilines is 1. The molecule has 1 aromatic heterocycles. The summed E-state index contributed by atoms with van der Waals surface area (Å²) >= 11 is 0. The molecule has 6 nitrogen and oxygen atoms in total. The number of nitrogens with one attached hydrogen (secondary N) is 1. The monoisotopic (exact) mass is 372 g/mol. The number of aryl methyl sites for hydroxylation is 1. The first-order chi connectivity index (χ1) is 13.3. The normalized spacial score (nSPS) is 20.3. The standard InChI is InChI=1S/C21H28N2O4/c1-2-16-19(26-11-7-15-4-3-8-22-15)6-5-17-18(24)14-20(27-21(16)17)23-9-12-25-13-10-23/h5-6,14-15,22H,2-4,7-13H2,1H3. The van der Waals surface area contributed by atoms with Crippen molar-refractivity contribution >= 4 is 16.9 Å². The van der Waals surface area contributed by atoms with Crippen LogP contribution in [0.15, 0.2) is 27.4 Å². The van der Waals surface area contributed by atoms with Crippen molar-refractivity contribution in [3.63, 3.8) is 0 Å². The van der Waals surface area contributed by atoms with Crippen molar-refractivity contribution in [3.05, 3.63) is 34.0 Å². The second kappa shape index (κ2) is 8.31. The van der Waals surface area contributed by atoms with E-state index in [2.05, 4.69) is 17.1 Å². The lowest BCUT2D eigenvalue weighted by Gasteiger charge is -2.27. The topological polar surface area (TPSA) is 63.9 Å². The molecule has 1 atom stereocenters. The summed E-state index contributed by atoms with van der Waals surface area (Å²) in [6, 6.07) is 5.89. The molecule has 1 N–H and O–H groups in total. The first-order valence-electron chi connectivity index (χ1n) is 10.0. The zero-order valence-corrected chi connectivity index (χ0v) is 16.0. The molecule has 2 saturated heterocycles. The second-order valence-corrected chi connectivity index (χ2v) is 7.25. The largest absolute Gasteiger partial charge is 0.493 e. The van der Waals surface area contributed by atoms with Gasteiger partial charge in [-0.15, -0.1) is 0 Å². The molecule has 0 spiro atoms. The van der Waals surface area contributed by atoms with Gasteiger partial charge in [0.05, 0.1) is 25.2 Å². The van der Waals surface area contributed by atoms with Crippen LogP contribution < -0.4 is 20.4 Å². The van der Waals surface area contributed by atoms with E-state index in [1.54, 1.807) is 6.07 Å². The smallest absolute Gasteiger partial charge is 0.200 e. The first kappa shape index (κ1) is 18.3. The molecule has 0 aliphatic carbocycles. The van der Waals surface area contributed by atoms with Crippen LogP contribution in [0.5, 0.6) is 5.75 Å². The number of hydrogen-bond acceptors (Lipinski definition) is 6. The van der Waals surface area contributed by atoms with Crippen molar-refractivity contribution in [2.45, 2.75) is 38.6 Å². The lowest BCUT2D eigenvalue weighted by atomic mass is 10.1. The summed E-state index contributed by atoms with van der Waals surface area (Å²) in [6.45, 7) is 6.63. The van der Waals surface area contributed by atoms with Crippen LogP contribution in [-0.4, -0.2) is 45.5 Å². The van der Waals surface area contributed by atoms with E-state index in [0.29, 0.717) is 42.7 Å². The van der Waals surface area contributed by atoms with E-state index in [4.69, 9.17) is 13.9 Å². The third kappa shape index (κ3) is 3.96. The van der Waals surface area contributed by atoms with E-state index in [1.807, 2.05) is 12.1 Å². The summed E-state index contributed by atoms with van der Waals surface area (Å²) in [5.41, 5.74) is 1.62. The molecule has 2 fully saturated rings. The average Bonchev–Trinajstić information content (AvgIpc) is 3.22. The van der Waals surface area contributed by atoms with Crippen LogP contribution >= 0.6 is 0 Å². The van der Waals surface area contributed by atoms with Crippen molar-refractivity contribution in [2.75, 3.05) is 44.4 Å². The quantitative estimate of drug-likeness (QED) is 0.841. The van der Waals surface area contributed by atoms with Gasteiger partial charge in [0.2, 0.25) is 0 Å². The number of hydrogen-bond donors (Lipinski definition) is 1. The van der Waals surface area contributed by atoms with Crippen LogP contribution in [0, 0.1) is 0 Å². The summed E-state index contributed by atoms with van der Waals surface area (Å²) in [4.78, 5) is 14.7. The SMILES string of the molecule is CCc1c(OCCC2CCCN2)ccc2c(=O)cc(N3CCOCC3)oc12. The summed E-state index contributed by atoms with van der Waals surface area (Å²) in [5.74, 6) is 1.45. The molecule has 2 aromatic rings. The maximum absolute atomic E-state index is 12.6. The molecular weight excluding hydrogens is 344 g/mol. The molecule has 27 heavy (non-hydrogen) atoms. The predicted octanol–water partition coefficient (Wildman–Crippen LogP) is 2.71. The lowest BCUT2D eigenvalue weighted by Crippen LogP contribution is -2.36. The Morgan fingerprint density at radius 1 is 1.30 bits per heavy atom. The van der Waals surface area contributed by atoms with E-state index in [0.717, 1.165) is 43.8 Å². The van der Waals surface area contributed by atoms with Gasteiger partial charge in [-0.1, -0.05) is 6.92 Å². The fourth-order valence-electron chi connectivity index (χ4n) is 3.97. The van der Waals surface area contributed by atoms with E-state index >= 15 is 0 Å². The molecule has 0 radical (unpaired) electrons. The number of nitrogens with zero attached hydrogens (tertiary/aromatic N) is 1. The van der Waals surface area contributed by atoms with E-state index in [-0.39, 0.29) is 5.43 Å². The summed E-state index contributed by atoms with van der Waals surface area (Å²) in [7, 11) is 0. The second-order valence-electron chi connectivity index (χ2n) is 7.25. The highest BCUT2D eigenvalue weighted by molar-refractivity contribution is 5.83. The number of morpholine rings is 1. The maximum Gasteiger partial charge on any atom is 0.200 e. The molecule has 0 amide bonds. The Morgan fingerprint density at radius 2 is 2.15 bits per heavy atom. The first-order valence-corrected chi connectivity index (χ1v) is 10.0. The molecule has 1 aromatic carbocycles. The summed E-state index contributed by atoms with van der Waals surface area (Å²) in [6.07, 6.45) is 4.22. The van der Waals surface area contributed by atoms with Gasteiger partial charge < -0.3 is 24.1 Å². The van der Waals surface area contributed by atoms with Crippen molar-refractivity contribution < 1.29 is 13.9 Å². The number of rotatable bonds is 6. The molecular formula is C21H28N2O4. The minimum atomic E-state index is -0.00542. The molecule has 4 rings (SSSR count).